The first kappa shape index (κ1) is 35.2. The highest BCUT2D eigenvalue weighted by molar-refractivity contribution is 6.12. The molecule has 0 saturated carbocycles. The number of hydrogen-bond donors (Lipinski definition) is 0. The number of anilines is 6. The van der Waals surface area contributed by atoms with Crippen LogP contribution >= 0.6 is 0 Å². The highest BCUT2D eigenvalue weighted by Crippen LogP contribution is 2.52. The van der Waals surface area contributed by atoms with E-state index in [1.807, 2.05) is 0 Å². The fraction of sp³-hybridized carbons (Fsp3) is 0.0526. The second-order valence-electron chi connectivity index (χ2n) is 16.6. The van der Waals surface area contributed by atoms with Gasteiger partial charge in [-0.15, -0.1) is 0 Å². The van der Waals surface area contributed by atoms with E-state index in [0.29, 0.717) is 0 Å². The van der Waals surface area contributed by atoms with Gasteiger partial charge in [0.15, 0.2) is 0 Å². The van der Waals surface area contributed by atoms with Crippen molar-refractivity contribution < 1.29 is 0 Å². The molecule has 12 rings (SSSR count). The van der Waals surface area contributed by atoms with Crippen LogP contribution in [-0.4, -0.2) is 9.13 Å². The number of aromatic nitrogens is 2. The predicted molar refractivity (Wildman–Crippen MR) is 257 cm³/mol. The van der Waals surface area contributed by atoms with Crippen molar-refractivity contribution in [2.45, 2.75) is 19.3 Å². The van der Waals surface area contributed by atoms with Gasteiger partial charge in [0.05, 0.1) is 50.5 Å². The molecule has 0 N–H and O–H groups in total. The van der Waals surface area contributed by atoms with Crippen LogP contribution in [0.1, 0.15) is 25.0 Å². The van der Waals surface area contributed by atoms with Crippen molar-refractivity contribution in [2.75, 3.05) is 9.80 Å². The van der Waals surface area contributed by atoms with Crippen molar-refractivity contribution >= 4 is 77.7 Å². The van der Waals surface area contributed by atoms with Crippen LogP contribution in [0.4, 0.5) is 34.1 Å². The van der Waals surface area contributed by atoms with Gasteiger partial charge in [-0.1, -0.05) is 141 Å². The van der Waals surface area contributed by atoms with Gasteiger partial charge in [-0.05, 0) is 102 Å². The van der Waals surface area contributed by atoms with Crippen LogP contribution in [0, 0.1) is 0 Å². The summed E-state index contributed by atoms with van der Waals surface area (Å²) in [7, 11) is 0. The van der Waals surface area contributed by atoms with Crippen LogP contribution in [0.25, 0.3) is 55.0 Å². The zero-order valence-corrected chi connectivity index (χ0v) is 34.1. The molecule has 0 unspecified atom stereocenters. The highest BCUT2D eigenvalue weighted by Gasteiger charge is 2.36. The van der Waals surface area contributed by atoms with E-state index in [0.717, 1.165) is 45.2 Å². The first-order valence-electron chi connectivity index (χ1n) is 21.1. The lowest BCUT2D eigenvalue weighted by Crippen LogP contribution is -2.30. The summed E-state index contributed by atoms with van der Waals surface area (Å²) >= 11 is 0. The monoisotopic (exact) mass is 782 g/mol. The SMILES string of the molecule is CC1(C)c2ccccc2N(c2ccc3c(c2)c2ccccc2n3-c2cc(N(c3ccccc3)c3ccccc3)cc(-n3c4ccccc4c4ccccc43)c2)c2ccccc21. The molecule has 0 aliphatic carbocycles. The maximum Gasteiger partial charge on any atom is 0.0542 e. The van der Waals surface area contributed by atoms with Crippen LogP contribution in [0.5, 0.6) is 0 Å². The Kier molecular flexibility index (Phi) is 7.85. The lowest BCUT2D eigenvalue weighted by Gasteiger charge is -2.42. The van der Waals surface area contributed by atoms with Gasteiger partial charge in [-0.25, -0.2) is 0 Å². The third-order valence-corrected chi connectivity index (χ3v) is 12.8. The maximum atomic E-state index is 2.46. The molecule has 3 heterocycles. The second-order valence-corrected chi connectivity index (χ2v) is 16.6. The Balaban J connectivity index is 1.14. The van der Waals surface area contributed by atoms with E-state index < -0.39 is 0 Å². The number of rotatable bonds is 6. The third kappa shape index (κ3) is 5.39. The average molecular weight is 783 g/mol. The Morgan fingerprint density at radius 2 is 0.738 bits per heavy atom. The number of hydrogen-bond acceptors (Lipinski definition) is 2. The van der Waals surface area contributed by atoms with Crippen molar-refractivity contribution in [1.82, 2.24) is 9.13 Å². The molecule has 0 bridgehead atoms. The summed E-state index contributed by atoms with van der Waals surface area (Å²) < 4.78 is 4.90. The van der Waals surface area contributed by atoms with E-state index in [1.165, 1.54) is 55.1 Å². The van der Waals surface area contributed by atoms with Crippen molar-refractivity contribution in [1.29, 1.82) is 0 Å². The summed E-state index contributed by atoms with van der Waals surface area (Å²) in [6.45, 7) is 4.69. The van der Waals surface area contributed by atoms with E-state index in [2.05, 4.69) is 251 Å². The van der Waals surface area contributed by atoms with E-state index >= 15 is 0 Å². The van der Waals surface area contributed by atoms with E-state index in [9.17, 15) is 0 Å². The Bertz CT molecular complexity index is 3320. The van der Waals surface area contributed by atoms with Gasteiger partial charge in [0.25, 0.3) is 0 Å². The summed E-state index contributed by atoms with van der Waals surface area (Å²) in [4.78, 5) is 4.83. The lowest BCUT2D eigenvalue weighted by molar-refractivity contribution is 0.632. The molecule has 0 fully saturated rings. The minimum Gasteiger partial charge on any atom is -0.310 e. The van der Waals surface area contributed by atoms with E-state index in [-0.39, 0.29) is 5.41 Å². The van der Waals surface area contributed by atoms with Crippen LogP contribution in [-0.2, 0) is 5.41 Å². The molecule has 1 aliphatic heterocycles. The van der Waals surface area contributed by atoms with E-state index in [4.69, 9.17) is 0 Å². The summed E-state index contributed by atoms with van der Waals surface area (Å²) in [5.41, 5.74) is 16.2. The number of benzene rings is 9. The molecule has 0 radical (unpaired) electrons. The molecule has 0 saturated heterocycles. The lowest BCUT2D eigenvalue weighted by atomic mass is 9.73. The van der Waals surface area contributed by atoms with Crippen molar-refractivity contribution in [2.24, 2.45) is 0 Å². The molecule has 9 aromatic carbocycles. The van der Waals surface area contributed by atoms with Gasteiger partial charge in [-0.3, -0.25) is 0 Å². The topological polar surface area (TPSA) is 16.3 Å². The number of nitrogens with zero attached hydrogens (tertiary/aromatic N) is 4. The number of para-hydroxylation sites is 7. The van der Waals surface area contributed by atoms with Crippen LogP contribution in [0.3, 0.4) is 0 Å². The smallest absolute Gasteiger partial charge is 0.0542 e. The Labute approximate surface area is 355 Å². The minimum atomic E-state index is -0.129. The average Bonchev–Trinajstić information content (AvgIpc) is 3.83. The molecule has 11 aromatic rings. The van der Waals surface area contributed by atoms with Crippen LogP contribution in [0.15, 0.2) is 218 Å². The molecule has 0 spiro atoms. The molecule has 61 heavy (non-hydrogen) atoms. The van der Waals surface area contributed by atoms with Crippen LogP contribution in [0.2, 0.25) is 0 Å². The van der Waals surface area contributed by atoms with Gasteiger partial charge in [0, 0.05) is 44.0 Å². The molecule has 0 atom stereocenters. The largest absolute Gasteiger partial charge is 0.310 e. The summed E-state index contributed by atoms with van der Waals surface area (Å²) in [5, 5.41) is 4.90. The Hall–Kier alpha value is -7.82. The molecule has 2 aromatic heterocycles. The maximum absolute atomic E-state index is 2.46. The zero-order valence-electron chi connectivity index (χ0n) is 34.1. The van der Waals surface area contributed by atoms with Crippen molar-refractivity contribution in [3.63, 3.8) is 0 Å². The first-order valence-corrected chi connectivity index (χ1v) is 21.1. The number of fused-ring (bicyclic) bond motifs is 8. The van der Waals surface area contributed by atoms with Crippen molar-refractivity contribution in [3.8, 4) is 11.4 Å². The molecular formula is C57H42N4. The molecule has 1 aliphatic rings. The molecule has 4 heteroatoms. The van der Waals surface area contributed by atoms with Crippen LogP contribution < -0.4 is 9.80 Å². The van der Waals surface area contributed by atoms with Gasteiger partial charge in [0.1, 0.15) is 0 Å². The van der Waals surface area contributed by atoms with Crippen molar-refractivity contribution in [3.05, 3.63) is 230 Å². The van der Waals surface area contributed by atoms with E-state index in [1.54, 1.807) is 0 Å². The normalized spacial score (nSPS) is 13.2. The Morgan fingerprint density at radius 3 is 1.25 bits per heavy atom. The molecule has 0 amide bonds. The highest BCUT2D eigenvalue weighted by atomic mass is 15.2. The molecule has 290 valence electrons. The standard InChI is InChI=1S/C57H42N4/c1-57(2)49-26-12-17-31-55(49)59(56-32-18-13-27-50(56)57)41-33-34-54-48(38-41)47-25-11-16-30-53(47)61(54)44-36-42(58(39-19-5-3-6-20-39)40-21-7-4-8-22-40)35-43(37-44)60-51-28-14-9-23-45(51)46-24-10-15-29-52(46)60/h3-38H,1-2H3. The fourth-order valence-electron chi connectivity index (χ4n) is 10.1. The van der Waals surface area contributed by atoms with Gasteiger partial charge in [0.2, 0.25) is 0 Å². The quantitative estimate of drug-likeness (QED) is 0.167. The predicted octanol–water partition coefficient (Wildman–Crippen LogP) is 15.5. The van der Waals surface area contributed by atoms with Gasteiger partial charge >= 0.3 is 0 Å². The summed E-state index contributed by atoms with van der Waals surface area (Å²) in [6.07, 6.45) is 0. The fourth-order valence-corrected chi connectivity index (χ4v) is 10.1. The minimum absolute atomic E-state index is 0.129. The Morgan fingerprint density at radius 1 is 0.328 bits per heavy atom. The second kappa shape index (κ2) is 13.6. The van der Waals surface area contributed by atoms with Gasteiger partial charge < -0.3 is 18.9 Å². The third-order valence-electron chi connectivity index (χ3n) is 12.8. The molecule has 4 nitrogen and oxygen atoms in total. The zero-order chi connectivity index (χ0) is 40.7. The summed E-state index contributed by atoms with van der Waals surface area (Å²) in [6, 6.07) is 79.7. The first-order chi connectivity index (χ1) is 30.0. The summed E-state index contributed by atoms with van der Waals surface area (Å²) in [5.74, 6) is 0. The van der Waals surface area contributed by atoms with Gasteiger partial charge in [-0.2, -0.15) is 0 Å². The molecular weight excluding hydrogens is 741 g/mol.